The summed E-state index contributed by atoms with van der Waals surface area (Å²) in [6.45, 7) is 0.455. The third-order valence-electron chi connectivity index (χ3n) is 2.36. The van der Waals surface area contributed by atoms with Crippen LogP contribution in [0.15, 0.2) is 42.7 Å². The molecule has 0 saturated carbocycles. The zero-order chi connectivity index (χ0) is 12.8. The first kappa shape index (κ1) is 12.0. The molecule has 0 aliphatic rings. The van der Waals surface area contributed by atoms with Crippen LogP contribution in [-0.2, 0) is 6.42 Å². The molecule has 1 aromatic carbocycles. The number of nitrogens with zero attached hydrogens (tertiary/aromatic N) is 2. The maximum Gasteiger partial charge on any atom is 0.335 e. The van der Waals surface area contributed by atoms with Gasteiger partial charge in [0.1, 0.15) is 0 Å². The average molecular weight is 244 g/mol. The molecule has 0 unspecified atom stereocenters. The molecule has 5 heteroatoms. The van der Waals surface area contributed by atoms with Gasteiger partial charge in [-0.1, -0.05) is 12.1 Å². The van der Waals surface area contributed by atoms with Crippen LogP contribution in [0.4, 0.5) is 0 Å². The highest BCUT2D eigenvalue weighted by Gasteiger charge is 2.02. The molecule has 2 rings (SSSR count). The lowest BCUT2D eigenvalue weighted by Crippen LogP contribution is -2.04. The molecule has 1 aromatic heterocycles. The molecular weight excluding hydrogens is 232 g/mol. The number of ether oxygens (including phenoxy) is 1. The molecule has 0 radical (unpaired) electrons. The molecule has 0 atom stereocenters. The Morgan fingerprint density at radius 2 is 1.83 bits per heavy atom. The van der Waals surface area contributed by atoms with Crippen LogP contribution in [0.3, 0.4) is 0 Å². The molecule has 1 heterocycles. The lowest BCUT2D eigenvalue weighted by Gasteiger charge is -2.04. The highest BCUT2D eigenvalue weighted by molar-refractivity contribution is 5.87. The molecule has 0 amide bonds. The Bertz CT molecular complexity index is 512. The van der Waals surface area contributed by atoms with Crippen LogP contribution < -0.4 is 4.74 Å². The number of carbonyl (C=O) groups is 1. The molecule has 0 aliphatic heterocycles. The van der Waals surface area contributed by atoms with Crippen molar-refractivity contribution < 1.29 is 14.6 Å². The van der Waals surface area contributed by atoms with Gasteiger partial charge in [-0.25, -0.2) is 14.8 Å². The summed E-state index contributed by atoms with van der Waals surface area (Å²) in [5.41, 5.74) is 1.29. The minimum atomic E-state index is -0.921. The summed E-state index contributed by atoms with van der Waals surface area (Å²) in [4.78, 5) is 18.5. The number of rotatable bonds is 5. The lowest BCUT2D eigenvalue weighted by atomic mass is 10.1. The predicted octanol–water partition coefficient (Wildman–Crippen LogP) is 1.80. The monoisotopic (exact) mass is 244 g/mol. The maximum absolute atomic E-state index is 10.7. The van der Waals surface area contributed by atoms with Crippen molar-refractivity contribution in [2.45, 2.75) is 6.42 Å². The second kappa shape index (κ2) is 5.77. The Kier molecular flexibility index (Phi) is 3.86. The van der Waals surface area contributed by atoms with Gasteiger partial charge in [-0.2, -0.15) is 0 Å². The molecule has 0 aliphatic carbocycles. The van der Waals surface area contributed by atoms with Crippen molar-refractivity contribution in [3.05, 3.63) is 53.9 Å². The highest BCUT2D eigenvalue weighted by Crippen LogP contribution is 2.06. The summed E-state index contributed by atoms with van der Waals surface area (Å²) in [6, 6.07) is 8.78. The SMILES string of the molecule is O=C(O)c1ccc(CCOc2ncccn2)cc1. The number of aromatic carboxylic acids is 1. The first-order chi connectivity index (χ1) is 8.75. The van der Waals surface area contributed by atoms with Crippen LogP contribution in [-0.4, -0.2) is 27.7 Å². The number of aromatic nitrogens is 2. The summed E-state index contributed by atoms with van der Waals surface area (Å²) >= 11 is 0. The fraction of sp³-hybridized carbons (Fsp3) is 0.154. The second-order valence-electron chi connectivity index (χ2n) is 3.63. The van der Waals surface area contributed by atoms with Crippen LogP contribution in [0, 0.1) is 0 Å². The van der Waals surface area contributed by atoms with Gasteiger partial charge in [0.15, 0.2) is 0 Å². The molecule has 0 fully saturated rings. The largest absolute Gasteiger partial charge is 0.478 e. The number of hydrogen-bond acceptors (Lipinski definition) is 4. The fourth-order valence-electron chi connectivity index (χ4n) is 1.43. The average Bonchev–Trinajstić information content (AvgIpc) is 2.40. The van der Waals surface area contributed by atoms with E-state index in [0.29, 0.717) is 19.0 Å². The van der Waals surface area contributed by atoms with Gasteiger partial charge in [-0.3, -0.25) is 0 Å². The number of carboxylic acid groups (broad SMARTS) is 1. The van der Waals surface area contributed by atoms with Gasteiger partial charge in [0.2, 0.25) is 0 Å². The zero-order valence-corrected chi connectivity index (χ0v) is 9.61. The number of carboxylic acids is 1. The van der Waals surface area contributed by atoms with E-state index in [1.165, 1.54) is 0 Å². The van der Waals surface area contributed by atoms with E-state index < -0.39 is 5.97 Å². The molecule has 92 valence electrons. The lowest BCUT2D eigenvalue weighted by molar-refractivity contribution is 0.0697. The maximum atomic E-state index is 10.7. The minimum Gasteiger partial charge on any atom is -0.478 e. The standard InChI is InChI=1S/C13H12N2O3/c16-12(17)11-4-2-10(3-5-11)6-9-18-13-14-7-1-8-15-13/h1-5,7-8H,6,9H2,(H,16,17). The van der Waals surface area contributed by atoms with E-state index in [1.54, 1.807) is 42.7 Å². The van der Waals surface area contributed by atoms with Crippen molar-refractivity contribution in [3.63, 3.8) is 0 Å². The van der Waals surface area contributed by atoms with Crippen molar-refractivity contribution in [3.8, 4) is 6.01 Å². The molecule has 2 aromatic rings. The van der Waals surface area contributed by atoms with E-state index in [2.05, 4.69) is 9.97 Å². The second-order valence-corrected chi connectivity index (χ2v) is 3.63. The predicted molar refractivity (Wildman–Crippen MR) is 64.6 cm³/mol. The van der Waals surface area contributed by atoms with Gasteiger partial charge < -0.3 is 9.84 Å². The molecule has 0 bridgehead atoms. The summed E-state index contributed by atoms with van der Waals surface area (Å²) in [5.74, 6) is -0.921. The molecule has 5 nitrogen and oxygen atoms in total. The van der Waals surface area contributed by atoms with E-state index in [-0.39, 0.29) is 5.56 Å². The third kappa shape index (κ3) is 3.28. The van der Waals surface area contributed by atoms with Crippen LogP contribution in [0.25, 0.3) is 0 Å². The Balaban J connectivity index is 1.85. The van der Waals surface area contributed by atoms with Crippen molar-refractivity contribution in [1.82, 2.24) is 9.97 Å². The summed E-state index contributed by atoms with van der Waals surface area (Å²) in [7, 11) is 0. The van der Waals surface area contributed by atoms with E-state index in [0.717, 1.165) is 5.56 Å². The Morgan fingerprint density at radius 1 is 1.17 bits per heavy atom. The van der Waals surface area contributed by atoms with Gasteiger partial charge in [-0.05, 0) is 23.8 Å². The van der Waals surface area contributed by atoms with E-state index in [9.17, 15) is 4.79 Å². The van der Waals surface area contributed by atoms with Crippen molar-refractivity contribution >= 4 is 5.97 Å². The van der Waals surface area contributed by atoms with Crippen molar-refractivity contribution in [1.29, 1.82) is 0 Å². The number of hydrogen-bond donors (Lipinski definition) is 1. The Hall–Kier alpha value is -2.43. The molecule has 0 spiro atoms. The number of benzene rings is 1. The first-order valence-corrected chi connectivity index (χ1v) is 5.48. The van der Waals surface area contributed by atoms with Gasteiger partial charge in [0.05, 0.1) is 12.2 Å². The molecule has 1 N–H and O–H groups in total. The molecule has 0 saturated heterocycles. The van der Waals surface area contributed by atoms with Gasteiger partial charge in [0, 0.05) is 18.8 Å². The topological polar surface area (TPSA) is 72.3 Å². The third-order valence-corrected chi connectivity index (χ3v) is 2.36. The van der Waals surface area contributed by atoms with Gasteiger partial charge in [-0.15, -0.1) is 0 Å². The molecular formula is C13H12N2O3. The van der Waals surface area contributed by atoms with Gasteiger partial charge >= 0.3 is 12.0 Å². The quantitative estimate of drug-likeness (QED) is 0.868. The zero-order valence-electron chi connectivity index (χ0n) is 9.61. The van der Waals surface area contributed by atoms with E-state index in [1.807, 2.05) is 0 Å². The summed E-state index contributed by atoms with van der Waals surface area (Å²) in [5, 5.41) is 8.76. The van der Waals surface area contributed by atoms with Crippen LogP contribution in [0.1, 0.15) is 15.9 Å². The van der Waals surface area contributed by atoms with Crippen molar-refractivity contribution in [2.75, 3.05) is 6.61 Å². The Labute approximate surface area is 104 Å². The summed E-state index contributed by atoms with van der Waals surface area (Å²) < 4.78 is 5.35. The molecule has 18 heavy (non-hydrogen) atoms. The minimum absolute atomic E-state index is 0.283. The van der Waals surface area contributed by atoms with E-state index in [4.69, 9.17) is 9.84 Å². The highest BCUT2D eigenvalue weighted by atomic mass is 16.5. The van der Waals surface area contributed by atoms with Crippen LogP contribution >= 0.6 is 0 Å². The Morgan fingerprint density at radius 3 is 2.44 bits per heavy atom. The first-order valence-electron chi connectivity index (χ1n) is 5.48. The fourth-order valence-corrected chi connectivity index (χ4v) is 1.43. The summed E-state index contributed by atoms with van der Waals surface area (Å²) in [6.07, 6.45) is 3.91. The normalized spacial score (nSPS) is 10.0. The van der Waals surface area contributed by atoms with Crippen LogP contribution in [0.5, 0.6) is 6.01 Å². The van der Waals surface area contributed by atoms with Crippen molar-refractivity contribution in [2.24, 2.45) is 0 Å². The van der Waals surface area contributed by atoms with Gasteiger partial charge in [0.25, 0.3) is 0 Å². The van der Waals surface area contributed by atoms with E-state index >= 15 is 0 Å². The van der Waals surface area contributed by atoms with Crippen LogP contribution in [0.2, 0.25) is 0 Å². The smallest absolute Gasteiger partial charge is 0.335 e.